The van der Waals surface area contributed by atoms with Crippen molar-refractivity contribution in [3.8, 4) is 18.1 Å². The molecule has 2 nitrogen and oxygen atoms in total. The molecule has 1 unspecified atom stereocenters. The summed E-state index contributed by atoms with van der Waals surface area (Å²) in [5.74, 6) is 3.06. The number of rotatable bonds is 1. The molecule has 2 heteroatoms. The maximum atomic E-state index is 8.12. The molecule has 0 bridgehead atoms. The Morgan fingerprint density at radius 1 is 1.29 bits per heavy atom. The van der Waals surface area contributed by atoms with E-state index in [1.54, 1.807) is 14.0 Å². The average Bonchev–Trinajstić information content (AvgIpc) is 2.28. The van der Waals surface area contributed by atoms with Crippen molar-refractivity contribution in [3.05, 3.63) is 29.8 Å². The Morgan fingerprint density at radius 2 is 1.76 bits per heavy atom. The number of methoxy groups -OCH3 is 1. The molecule has 0 amide bonds. The van der Waals surface area contributed by atoms with Crippen LogP contribution in [0.5, 0.6) is 5.75 Å². The van der Waals surface area contributed by atoms with Crippen LogP contribution in [0.4, 0.5) is 0 Å². The molecule has 0 saturated carbocycles. The summed E-state index contributed by atoms with van der Waals surface area (Å²) < 4.78 is 5.27. The highest BCUT2D eigenvalue weighted by Gasteiger charge is 2.17. The second-order valence-electron chi connectivity index (χ2n) is 4.79. The quantitative estimate of drug-likeness (QED) is 0.757. The molecule has 0 fully saturated rings. The zero-order valence-corrected chi connectivity index (χ0v) is 11.3. The number of ether oxygens (including phenoxy) is 1. The number of hydrogen-bond acceptors (Lipinski definition) is 2. The van der Waals surface area contributed by atoms with Crippen molar-refractivity contribution < 1.29 is 9.84 Å². The minimum Gasteiger partial charge on any atom is -0.496 e. The predicted octanol–water partition coefficient (Wildman–Crippen LogP) is 2.99. The molecule has 1 atom stereocenters. The van der Waals surface area contributed by atoms with Gasteiger partial charge in [0.05, 0.1) is 7.11 Å². The summed E-state index contributed by atoms with van der Waals surface area (Å²) in [6.07, 6.45) is 4.08. The van der Waals surface area contributed by atoms with Crippen LogP contribution in [0.1, 0.15) is 33.3 Å². The van der Waals surface area contributed by atoms with Crippen LogP contribution in [0.15, 0.2) is 24.3 Å². The third kappa shape index (κ3) is 5.99. The SMILES string of the molecule is C#CC(C)O.COc1ccccc1C(C)(C)C. The fourth-order valence-electron chi connectivity index (χ4n) is 1.26. The lowest BCUT2D eigenvalue weighted by molar-refractivity contribution is 0.253. The molecule has 0 aliphatic heterocycles. The van der Waals surface area contributed by atoms with Crippen molar-refractivity contribution in [2.24, 2.45) is 0 Å². The van der Waals surface area contributed by atoms with Crippen molar-refractivity contribution in [3.63, 3.8) is 0 Å². The van der Waals surface area contributed by atoms with Gasteiger partial charge in [0.2, 0.25) is 0 Å². The Hall–Kier alpha value is -1.46. The molecule has 0 aliphatic carbocycles. The number of aliphatic hydroxyl groups is 1. The van der Waals surface area contributed by atoms with Crippen LogP contribution in [-0.4, -0.2) is 18.3 Å². The third-order valence-electron chi connectivity index (χ3n) is 2.16. The summed E-state index contributed by atoms with van der Waals surface area (Å²) >= 11 is 0. The van der Waals surface area contributed by atoms with Gasteiger partial charge in [0.25, 0.3) is 0 Å². The highest BCUT2D eigenvalue weighted by molar-refractivity contribution is 5.38. The number of para-hydroxylation sites is 1. The van der Waals surface area contributed by atoms with Gasteiger partial charge in [0, 0.05) is 0 Å². The van der Waals surface area contributed by atoms with Crippen molar-refractivity contribution >= 4 is 0 Å². The van der Waals surface area contributed by atoms with Gasteiger partial charge in [0.1, 0.15) is 11.9 Å². The minimum atomic E-state index is -0.588. The number of hydrogen-bond donors (Lipinski definition) is 1. The van der Waals surface area contributed by atoms with Crippen molar-refractivity contribution in [2.75, 3.05) is 7.11 Å². The van der Waals surface area contributed by atoms with Crippen LogP contribution < -0.4 is 4.74 Å². The molecule has 0 heterocycles. The first-order chi connectivity index (χ1) is 7.82. The second-order valence-corrected chi connectivity index (χ2v) is 4.79. The van der Waals surface area contributed by atoms with Gasteiger partial charge in [-0.15, -0.1) is 6.42 Å². The molecule has 17 heavy (non-hydrogen) atoms. The lowest BCUT2D eigenvalue weighted by Crippen LogP contribution is -2.12. The third-order valence-corrected chi connectivity index (χ3v) is 2.16. The van der Waals surface area contributed by atoms with Gasteiger partial charge in [-0.25, -0.2) is 0 Å². The van der Waals surface area contributed by atoms with E-state index >= 15 is 0 Å². The molecule has 1 N–H and O–H groups in total. The normalized spacial score (nSPS) is 11.8. The summed E-state index contributed by atoms with van der Waals surface area (Å²) in [7, 11) is 1.71. The Morgan fingerprint density at radius 3 is 2.06 bits per heavy atom. The van der Waals surface area contributed by atoms with E-state index in [0.29, 0.717) is 0 Å². The first-order valence-electron chi connectivity index (χ1n) is 5.60. The lowest BCUT2D eigenvalue weighted by Gasteiger charge is -2.21. The van der Waals surface area contributed by atoms with Crippen LogP contribution in [0.3, 0.4) is 0 Å². The topological polar surface area (TPSA) is 29.5 Å². The van der Waals surface area contributed by atoms with E-state index in [-0.39, 0.29) is 5.41 Å². The summed E-state index contributed by atoms with van der Waals surface area (Å²) in [6.45, 7) is 8.10. The smallest absolute Gasteiger partial charge is 0.122 e. The molecule has 0 aliphatic rings. The number of terminal acetylenes is 1. The molecule has 1 rings (SSSR count). The number of aliphatic hydroxyl groups excluding tert-OH is 1. The molecule has 0 saturated heterocycles. The van der Waals surface area contributed by atoms with E-state index in [9.17, 15) is 0 Å². The van der Waals surface area contributed by atoms with E-state index in [2.05, 4.69) is 39.2 Å². The van der Waals surface area contributed by atoms with Crippen LogP contribution >= 0.6 is 0 Å². The molecule has 1 aromatic rings. The van der Waals surface area contributed by atoms with Crippen LogP contribution in [0.25, 0.3) is 0 Å². The van der Waals surface area contributed by atoms with Gasteiger partial charge in [-0.3, -0.25) is 0 Å². The summed E-state index contributed by atoms with van der Waals surface area (Å²) in [4.78, 5) is 0. The monoisotopic (exact) mass is 234 g/mol. The minimum absolute atomic E-state index is 0.159. The Balaban J connectivity index is 0.000000437. The summed E-state index contributed by atoms with van der Waals surface area (Å²) in [6, 6.07) is 8.15. The lowest BCUT2D eigenvalue weighted by atomic mass is 9.86. The Bertz CT molecular complexity index is 367. The Labute approximate surface area is 105 Å². The van der Waals surface area contributed by atoms with Crippen molar-refractivity contribution in [1.82, 2.24) is 0 Å². The van der Waals surface area contributed by atoms with E-state index in [1.165, 1.54) is 5.56 Å². The molecule has 0 spiro atoms. The molecule has 0 aromatic heterocycles. The maximum Gasteiger partial charge on any atom is 0.122 e. The molecule has 94 valence electrons. The first kappa shape index (κ1) is 15.5. The fourth-order valence-corrected chi connectivity index (χ4v) is 1.26. The van der Waals surface area contributed by atoms with E-state index in [1.807, 2.05) is 18.2 Å². The summed E-state index contributed by atoms with van der Waals surface area (Å²) in [5.41, 5.74) is 1.42. The fraction of sp³-hybridized carbons (Fsp3) is 0.467. The molecule has 0 radical (unpaired) electrons. The highest BCUT2D eigenvalue weighted by atomic mass is 16.5. The van der Waals surface area contributed by atoms with Gasteiger partial charge in [0.15, 0.2) is 0 Å². The second kappa shape index (κ2) is 6.98. The first-order valence-corrected chi connectivity index (χ1v) is 5.60. The van der Waals surface area contributed by atoms with Gasteiger partial charge in [-0.1, -0.05) is 44.9 Å². The van der Waals surface area contributed by atoms with E-state index in [4.69, 9.17) is 9.84 Å². The van der Waals surface area contributed by atoms with Gasteiger partial charge in [-0.2, -0.15) is 0 Å². The van der Waals surface area contributed by atoms with Crippen molar-refractivity contribution in [1.29, 1.82) is 0 Å². The Kier molecular flexibility index (Phi) is 6.38. The molecular formula is C15H22O2. The largest absolute Gasteiger partial charge is 0.496 e. The number of benzene rings is 1. The predicted molar refractivity (Wildman–Crippen MR) is 72.2 cm³/mol. The van der Waals surface area contributed by atoms with Gasteiger partial charge in [-0.05, 0) is 24.0 Å². The molecular weight excluding hydrogens is 212 g/mol. The maximum absolute atomic E-state index is 8.12. The highest BCUT2D eigenvalue weighted by Crippen LogP contribution is 2.30. The van der Waals surface area contributed by atoms with Gasteiger partial charge >= 0.3 is 0 Å². The zero-order valence-electron chi connectivity index (χ0n) is 11.3. The average molecular weight is 234 g/mol. The van der Waals surface area contributed by atoms with E-state index in [0.717, 1.165) is 5.75 Å². The van der Waals surface area contributed by atoms with Gasteiger partial charge < -0.3 is 9.84 Å². The molecule has 1 aromatic carbocycles. The van der Waals surface area contributed by atoms with E-state index < -0.39 is 6.10 Å². The summed E-state index contributed by atoms with van der Waals surface area (Å²) in [5, 5.41) is 8.12. The van der Waals surface area contributed by atoms with Crippen LogP contribution in [0.2, 0.25) is 0 Å². The van der Waals surface area contributed by atoms with Crippen LogP contribution in [-0.2, 0) is 5.41 Å². The van der Waals surface area contributed by atoms with Crippen molar-refractivity contribution in [2.45, 2.75) is 39.2 Å². The van der Waals surface area contributed by atoms with Crippen LogP contribution in [0, 0.1) is 12.3 Å². The zero-order chi connectivity index (χ0) is 13.5. The standard InChI is InChI=1S/C11H16O.C4H6O/c1-11(2,3)9-7-5-6-8-10(9)12-4;1-3-4(2)5/h5-8H,1-4H3;1,4-5H,2H3.